The second-order valence-electron chi connectivity index (χ2n) is 8.50. The lowest BCUT2D eigenvalue weighted by atomic mass is 9.95. The Morgan fingerprint density at radius 1 is 1.17 bits per heavy atom. The van der Waals surface area contributed by atoms with Gasteiger partial charge in [-0.3, -0.25) is 4.99 Å². The maximum Gasteiger partial charge on any atom is 0.191 e. The number of hydrogen-bond acceptors (Lipinski definition) is 3. The molecule has 1 saturated carbocycles. The number of halogens is 1. The molecule has 1 saturated heterocycles. The number of pyridine rings is 1. The van der Waals surface area contributed by atoms with Crippen molar-refractivity contribution < 1.29 is 4.39 Å². The van der Waals surface area contributed by atoms with E-state index in [4.69, 9.17) is 4.99 Å². The van der Waals surface area contributed by atoms with E-state index in [-0.39, 0.29) is 11.2 Å². The number of nitrogens with zero attached hydrogens (tertiary/aromatic N) is 3. The molecule has 2 N–H and O–H groups in total. The minimum atomic E-state index is -0.131. The monoisotopic (exact) mass is 409 g/mol. The predicted molar refractivity (Wildman–Crippen MR) is 121 cm³/mol. The molecule has 0 unspecified atom stereocenters. The zero-order valence-corrected chi connectivity index (χ0v) is 18.0. The van der Waals surface area contributed by atoms with Gasteiger partial charge in [0.05, 0.1) is 6.54 Å². The van der Waals surface area contributed by atoms with Crippen molar-refractivity contribution in [2.45, 2.75) is 51.0 Å². The molecule has 4 rings (SSSR count). The Morgan fingerprint density at radius 2 is 1.93 bits per heavy atom. The zero-order valence-electron chi connectivity index (χ0n) is 18.0. The van der Waals surface area contributed by atoms with Crippen molar-refractivity contribution in [3.8, 4) is 0 Å². The van der Waals surface area contributed by atoms with Crippen molar-refractivity contribution in [2.24, 2.45) is 4.99 Å². The number of anilines is 1. The smallest absolute Gasteiger partial charge is 0.191 e. The summed E-state index contributed by atoms with van der Waals surface area (Å²) >= 11 is 0. The molecule has 2 aliphatic rings. The first kappa shape index (κ1) is 20.6. The van der Waals surface area contributed by atoms with Gasteiger partial charge in [-0.1, -0.05) is 24.3 Å². The number of aromatic nitrogens is 1. The summed E-state index contributed by atoms with van der Waals surface area (Å²) in [6.07, 6.45) is 4.08. The van der Waals surface area contributed by atoms with E-state index in [0.29, 0.717) is 12.6 Å². The van der Waals surface area contributed by atoms with E-state index in [9.17, 15) is 4.39 Å². The van der Waals surface area contributed by atoms with Crippen LogP contribution < -0.4 is 15.5 Å². The molecule has 30 heavy (non-hydrogen) atoms. The highest BCUT2D eigenvalue weighted by atomic mass is 19.1. The van der Waals surface area contributed by atoms with Crippen LogP contribution in [0, 0.1) is 12.7 Å². The molecule has 0 bridgehead atoms. The molecule has 2 heterocycles. The van der Waals surface area contributed by atoms with Gasteiger partial charge >= 0.3 is 0 Å². The van der Waals surface area contributed by atoms with Gasteiger partial charge in [-0.15, -0.1) is 0 Å². The summed E-state index contributed by atoms with van der Waals surface area (Å²) < 4.78 is 14.3. The van der Waals surface area contributed by atoms with Crippen molar-refractivity contribution in [3.05, 3.63) is 59.5 Å². The number of hydrogen-bond donors (Lipinski definition) is 2. The van der Waals surface area contributed by atoms with Crippen LogP contribution >= 0.6 is 0 Å². The number of guanidine groups is 1. The molecule has 5 nitrogen and oxygen atoms in total. The predicted octanol–water partition coefficient (Wildman–Crippen LogP) is 3.78. The molecule has 0 atom stereocenters. The zero-order chi connectivity index (χ0) is 21.0. The first-order valence-corrected chi connectivity index (χ1v) is 11.1. The van der Waals surface area contributed by atoms with Gasteiger partial charge in [-0.25, -0.2) is 9.37 Å². The van der Waals surface area contributed by atoms with Crippen LogP contribution in [-0.2, 0) is 5.41 Å². The van der Waals surface area contributed by atoms with Crippen molar-refractivity contribution in [3.63, 3.8) is 0 Å². The summed E-state index contributed by atoms with van der Waals surface area (Å²) in [6.45, 7) is 7.50. The van der Waals surface area contributed by atoms with E-state index in [1.54, 1.807) is 12.1 Å². The number of benzene rings is 1. The Bertz CT molecular complexity index is 885. The van der Waals surface area contributed by atoms with E-state index >= 15 is 0 Å². The van der Waals surface area contributed by atoms with E-state index in [1.165, 1.54) is 0 Å². The summed E-state index contributed by atoms with van der Waals surface area (Å²) in [6, 6.07) is 13.7. The van der Waals surface area contributed by atoms with Gasteiger partial charge < -0.3 is 15.5 Å². The van der Waals surface area contributed by atoms with Gasteiger partial charge in [0.1, 0.15) is 11.6 Å². The number of aryl methyl sites for hydroxylation is 1. The fourth-order valence-electron chi connectivity index (χ4n) is 4.26. The highest BCUT2D eigenvalue weighted by molar-refractivity contribution is 5.80. The highest BCUT2D eigenvalue weighted by Gasteiger charge is 2.45. The lowest BCUT2D eigenvalue weighted by Gasteiger charge is -2.34. The lowest BCUT2D eigenvalue weighted by molar-refractivity contribution is 0.459. The number of rotatable bonds is 6. The third-order valence-corrected chi connectivity index (χ3v) is 6.22. The topological polar surface area (TPSA) is 52.6 Å². The van der Waals surface area contributed by atoms with Gasteiger partial charge in [0.25, 0.3) is 0 Å². The van der Waals surface area contributed by atoms with Gasteiger partial charge in [-0.05, 0) is 63.3 Å². The molecular weight excluding hydrogens is 377 g/mol. The second kappa shape index (κ2) is 9.02. The van der Waals surface area contributed by atoms with Crippen LogP contribution in [0.1, 0.15) is 43.9 Å². The highest BCUT2D eigenvalue weighted by Crippen LogP contribution is 2.49. The van der Waals surface area contributed by atoms with Gasteiger partial charge in [0, 0.05) is 36.8 Å². The molecule has 0 radical (unpaired) electrons. The van der Waals surface area contributed by atoms with Crippen molar-refractivity contribution in [2.75, 3.05) is 31.1 Å². The van der Waals surface area contributed by atoms with E-state index in [2.05, 4.69) is 39.6 Å². The summed E-state index contributed by atoms with van der Waals surface area (Å²) in [5.74, 6) is 1.79. The fourth-order valence-corrected chi connectivity index (χ4v) is 4.26. The third kappa shape index (κ3) is 4.74. The van der Waals surface area contributed by atoms with Crippen LogP contribution in [0.2, 0.25) is 0 Å². The average molecular weight is 410 g/mol. The summed E-state index contributed by atoms with van der Waals surface area (Å²) in [4.78, 5) is 11.9. The second-order valence-corrected chi connectivity index (χ2v) is 8.50. The largest absolute Gasteiger partial charge is 0.357 e. The quantitative estimate of drug-likeness (QED) is 0.563. The van der Waals surface area contributed by atoms with Crippen LogP contribution in [0.15, 0.2) is 47.5 Å². The van der Waals surface area contributed by atoms with E-state index < -0.39 is 0 Å². The van der Waals surface area contributed by atoms with Gasteiger partial charge in [0.2, 0.25) is 0 Å². The van der Waals surface area contributed by atoms with Crippen molar-refractivity contribution in [1.82, 2.24) is 15.6 Å². The molecular formula is C24H32FN5. The molecule has 2 fully saturated rings. The maximum atomic E-state index is 14.3. The van der Waals surface area contributed by atoms with Crippen LogP contribution in [-0.4, -0.2) is 43.2 Å². The molecule has 1 aliphatic heterocycles. The number of aliphatic imine (C=N–C) groups is 1. The minimum Gasteiger partial charge on any atom is -0.357 e. The molecule has 0 amide bonds. The molecule has 1 aromatic carbocycles. The molecule has 0 spiro atoms. The third-order valence-electron chi connectivity index (χ3n) is 6.22. The Balaban J connectivity index is 1.36. The van der Waals surface area contributed by atoms with Crippen LogP contribution in [0.3, 0.4) is 0 Å². The maximum absolute atomic E-state index is 14.3. The fraction of sp³-hybridized carbons (Fsp3) is 0.500. The minimum absolute atomic E-state index is 0.111. The molecule has 1 aromatic heterocycles. The number of nitrogens with one attached hydrogen (secondary N) is 2. The molecule has 2 aromatic rings. The van der Waals surface area contributed by atoms with E-state index in [0.717, 1.165) is 68.4 Å². The lowest BCUT2D eigenvalue weighted by Crippen LogP contribution is -2.49. The summed E-state index contributed by atoms with van der Waals surface area (Å²) in [5, 5.41) is 6.97. The SMILES string of the molecule is CCNC(=NCC1(c2ccccc2F)CC1)NC1CCN(c2cccc(C)n2)CC1. The van der Waals surface area contributed by atoms with Crippen molar-refractivity contribution >= 4 is 11.8 Å². The standard InChI is InChI=1S/C24H32FN5/c1-3-26-23(27-17-24(13-14-24)20-8-4-5-9-21(20)25)29-19-11-15-30(16-12-19)22-10-6-7-18(2)28-22/h4-10,19H,3,11-17H2,1-2H3,(H2,26,27,29). The van der Waals surface area contributed by atoms with Gasteiger partial charge in [-0.2, -0.15) is 0 Å². The molecule has 1 aliphatic carbocycles. The van der Waals surface area contributed by atoms with Crippen LogP contribution in [0.5, 0.6) is 0 Å². The Labute approximate surface area is 178 Å². The Kier molecular flexibility index (Phi) is 6.21. The first-order valence-electron chi connectivity index (χ1n) is 11.1. The Morgan fingerprint density at radius 3 is 2.60 bits per heavy atom. The first-order chi connectivity index (χ1) is 14.6. The van der Waals surface area contributed by atoms with Crippen molar-refractivity contribution in [1.29, 1.82) is 0 Å². The van der Waals surface area contributed by atoms with Gasteiger partial charge in [0.15, 0.2) is 5.96 Å². The molecule has 160 valence electrons. The van der Waals surface area contributed by atoms with Crippen LogP contribution in [0.4, 0.5) is 10.2 Å². The number of piperidine rings is 1. The summed E-state index contributed by atoms with van der Waals surface area (Å²) in [5.41, 5.74) is 1.73. The Hall–Kier alpha value is -2.63. The normalized spacial score (nSPS) is 18.9. The average Bonchev–Trinajstić information content (AvgIpc) is 3.54. The van der Waals surface area contributed by atoms with Crippen LogP contribution in [0.25, 0.3) is 0 Å². The molecule has 6 heteroatoms. The summed E-state index contributed by atoms with van der Waals surface area (Å²) in [7, 11) is 0. The van der Waals surface area contributed by atoms with E-state index in [1.807, 2.05) is 25.1 Å².